The molecule has 0 aliphatic carbocycles. The van der Waals surface area contributed by atoms with Crippen molar-refractivity contribution in [2.45, 2.75) is 0 Å². The van der Waals surface area contributed by atoms with Crippen molar-refractivity contribution in [1.29, 1.82) is 0 Å². The zero-order chi connectivity index (χ0) is 15.3. The van der Waals surface area contributed by atoms with Crippen molar-refractivity contribution >= 4 is 65.5 Å². The minimum absolute atomic E-state index is 0.375. The highest BCUT2D eigenvalue weighted by atomic mass is 79.9. The molecule has 22 heavy (non-hydrogen) atoms. The van der Waals surface area contributed by atoms with Crippen molar-refractivity contribution in [3.8, 4) is 11.5 Å². The summed E-state index contributed by atoms with van der Waals surface area (Å²) in [6.07, 6.45) is 0. The van der Waals surface area contributed by atoms with E-state index in [-0.39, 0.29) is 0 Å². The first kappa shape index (κ1) is 14.2. The van der Waals surface area contributed by atoms with Crippen LogP contribution in [0.3, 0.4) is 0 Å². The van der Waals surface area contributed by atoms with Crippen LogP contribution in [0.2, 0.25) is 5.15 Å². The molecule has 0 atom stereocenters. The van der Waals surface area contributed by atoms with E-state index in [0.29, 0.717) is 22.2 Å². The van der Waals surface area contributed by atoms with Crippen LogP contribution in [0, 0.1) is 0 Å². The summed E-state index contributed by atoms with van der Waals surface area (Å²) >= 11 is 13.2. The largest absolute Gasteiger partial charge is 0.436 e. The zero-order valence-corrected chi connectivity index (χ0v) is 14.9. The van der Waals surface area contributed by atoms with Gasteiger partial charge in [0.15, 0.2) is 5.58 Å². The first-order valence-corrected chi connectivity index (χ1v) is 8.39. The number of pyridine rings is 1. The molecular weight excluding hydrogens is 431 g/mol. The van der Waals surface area contributed by atoms with Crippen molar-refractivity contribution in [2.24, 2.45) is 0 Å². The van der Waals surface area contributed by atoms with Crippen LogP contribution >= 0.6 is 43.5 Å². The van der Waals surface area contributed by atoms with E-state index in [0.717, 1.165) is 25.4 Å². The van der Waals surface area contributed by atoms with Crippen LogP contribution in [-0.4, -0.2) is 9.97 Å². The van der Waals surface area contributed by atoms with E-state index in [1.807, 2.05) is 42.5 Å². The van der Waals surface area contributed by atoms with Crippen molar-refractivity contribution in [3.05, 3.63) is 56.6 Å². The molecule has 0 unspecified atom stereocenters. The Balaban J connectivity index is 1.96. The highest BCUT2D eigenvalue weighted by Gasteiger charge is 2.14. The summed E-state index contributed by atoms with van der Waals surface area (Å²) in [7, 11) is 0. The van der Waals surface area contributed by atoms with Gasteiger partial charge in [-0.2, -0.15) is 0 Å². The second kappa shape index (κ2) is 5.33. The molecule has 6 heteroatoms. The number of rotatable bonds is 1. The topological polar surface area (TPSA) is 38.9 Å². The van der Waals surface area contributed by atoms with Crippen molar-refractivity contribution in [1.82, 2.24) is 9.97 Å². The average molecular weight is 439 g/mol. The molecule has 0 fully saturated rings. The van der Waals surface area contributed by atoms with Crippen molar-refractivity contribution in [2.75, 3.05) is 0 Å². The number of benzene rings is 2. The Hall–Kier alpha value is -1.43. The molecule has 2 heterocycles. The van der Waals surface area contributed by atoms with Gasteiger partial charge < -0.3 is 4.42 Å². The highest BCUT2D eigenvalue weighted by Crippen LogP contribution is 2.33. The molecule has 0 bridgehead atoms. The van der Waals surface area contributed by atoms with Crippen LogP contribution < -0.4 is 0 Å². The van der Waals surface area contributed by atoms with Crippen molar-refractivity contribution in [3.63, 3.8) is 0 Å². The Morgan fingerprint density at radius 3 is 2.50 bits per heavy atom. The number of hydrogen-bond donors (Lipinski definition) is 0. The first-order valence-electron chi connectivity index (χ1n) is 6.42. The Morgan fingerprint density at radius 2 is 1.64 bits per heavy atom. The first-order chi connectivity index (χ1) is 10.6. The Kier molecular flexibility index (Phi) is 3.44. The van der Waals surface area contributed by atoms with E-state index in [2.05, 4.69) is 41.8 Å². The lowest BCUT2D eigenvalue weighted by Gasteiger charge is -2.03. The quantitative estimate of drug-likeness (QED) is 0.331. The second-order valence-electron chi connectivity index (χ2n) is 4.79. The molecule has 0 radical (unpaired) electrons. The lowest BCUT2D eigenvalue weighted by atomic mass is 10.1. The normalized spacial score (nSPS) is 11.4. The van der Waals surface area contributed by atoms with Gasteiger partial charge in [0.2, 0.25) is 5.89 Å². The summed E-state index contributed by atoms with van der Waals surface area (Å²) in [5, 5.41) is 1.35. The molecule has 0 N–H and O–H groups in total. The Morgan fingerprint density at radius 1 is 0.864 bits per heavy atom. The van der Waals surface area contributed by atoms with Gasteiger partial charge in [0.1, 0.15) is 10.7 Å². The minimum atomic E-state index is 0.375. The average Bonchev–Trinajstić information content (AvgIpc) is 2.89. The van der Waals surface area contributed by atoms with Gasteiger partial charge in [0.25, 0.3) is 0 Å². The molecule has 0 aliphatic heterocycles. The van der Waals surface area contributed by atoms with E-state index in [9.17, 15) is 0 Å². The van der Waals surface area contributed by atoms with E-state index in [1.54, 1.807) is 0 Å². The molecule has 0 amide bonds. The fraction of sp³-hybridized carbons (Fsp3) is 0. The van der Waals surface area contributed by atoms with Gasteiger partial charge in [0, 0.05) is 14.3 Å². The molecule has 2 aromatic heterocycles. The second-order valence-corrected chi connectivity index (χ2v) is 6.98. The van der Waals surface area contributed by atoms with E-state index >= 15 is 0 Å². The molecule has 0 saturated heterocycles. The third-order valence-electron chi connectivity index (χ3n) is 3.31. The number of halogens is 3. The van der Waals surface area contributed by atoms with E-state index in [4.69, 9.17) is 16.0 Å². The fourth-order valence-electron chi connectivity index (χ4n) is 2.29. The highest BCUT2D eigenvalue weighted by molar-refractivity contribution is 9.10. The number of hydrogen-bond acceptors (Lipinski definition) is 3. The van der Waals surface area contributed by atoms with E-state index in [1.165, 1.54) is 0 Å². The molecule has 4 rings (SSSR count). The molecule has 108 valence electrons. The maximum atomic E-state index is 6.30. The predicted molar refractivity (Wildman–Crippen MR) is 95.2 cm³/mol. The number of fused-ring (bicyclic) bond motifs is 2. The van der Waals surface area contributed by atoms with Gasteiger partial charge >= 0.3 is 0 Å². The maximum Gasteiger partial charge on any atom is 0.230 e. The summed E-state index contributed by atoms with van der Waals surface area (Å²) in [5.41, 5.74) is 2.99. The third-order valence-corrected chi connectivity index (χ3v) is 4.58. The van der Waals surface area contributed by atoms with E-state index < -0.39 is 0 Å². The van der Waals surface area contributed by atoms with Crippen LogP contribution in [0.1, 0.15) is 0 Å². The molecule has 2 aromatic carbocycles. The summed E-state index contributed by atoms with van der Waals surface area (Å²) in [5.74, 6) is 0.465. The summed E-state index contributed by atoms with van der Waals surface area (Å²) in [6, 6.07) is 13.5. The van der Waals surface area contributed by atoms with Crippen LogP contribution in [-0.2, 0) is 0 Å². The summed E-state index contributed by atoms with van der Waals surface area (Å²) in [4.78, 5) is 8.92. The lowest BCUT2D eigenvalue weighted by Crippen LogP contribution is -1.86. The Labute approximate surface area is 147 Å². The van der Waals surface area contributed by atoms with Crippen molar-refractivity contribution < 1.29 is 4.42 Å². The molecule has 4 aromatic rings. The molecule has 3 nitrogen and oxygen atoms in total. The number of aromatic nitrogens is 2. The SMILES string of the molecule is Clc1nc2ccc(Br)cc2cc1-c1nc2cc(Br)ccc2o1. The number of oxazole rings is 1. The van der Waals surface area contributed by atoms with Gasteiger partial charge in [-0.15, -0.1) is 0 Å². The lowest BCUT2D eigenvalue weighted by molar-refractivity contribution is 0.619. The van der Waals surface area contributed by atoms with Crippen LogP contribution in [0.4, 0.5) is 0 Å². The molecule has 0 aliphatic rings. The predicted octanol–water partition coefficient (Wildman–Crippen LogP) is 6.22. The van der Waals surface area contributed by atoms with Gasteiger partial charge in [-0.05, 0) is 42.5 Å². The van der Waals surface area contributed by atoms with Gasteiger partial charge in [0.05, 0.1) is 11.1 Å². The smallest absolute Gasteiger partial charge is 0.230 e. The monoisotopic (exact) mass is 436 g/mol. The summed E-state index contributed by atoms with van der Waals surface area (Å²) in [6.45, 7) is 0. The minimum Gasteiger partial charge on any atom is -0.436 e. The van der Waals surface area contributed by atoms with Crippen LogP contribution in [0.5, 0.6) is 0 Å². The Bertz CT molecular complexity index is 1030. The molecule has 0 saturated carbocycles. The van der Waals surface area contributed by atoms with Crippen LogP contribution in [0.15, 0.2) is 55.8 Å². The molecule has 0 spiro atoms. The zero-order valence-electron chi connectivity index (χ0n) is 11.0. The van der Waals surface area contributed by atoms with Gasteiger partial charge in [-0.1, -0.05) is 43.5 Å². The maximum absolute atomic E-state index is 6.30. The van der Waals surface area contributed by atoms with Crippen LogP contribution in [0.25, 0.3) is 33.5 Å². The standard InChI is InChI=1S/C16H7Br2ClN2O/c17-9-1-3-12-8(5-9)6-11(15(19)20-12)16-21-13-7-10(18)2-4-14(13)22-16/h1-7H. The fourth-order valence-corrected chi connectivity index (χ4v) is 3.24. The number of nitrogens with zero attached hydrogens (tertiary/aromatic N) is 2. The molecular formula is C16H7Br2ClN2O. The van der Waals surface area contributed by atoms with Gasteiger partial charge in [-0.3, -0.25) is 0 Å². The summed E-state index contributed by atoms with van der Waals surface area (Å²) < 4.78 is 7.73. The van der Waals surface area contributed by atoms with Gasteiger partial charge in [-0.25, -0.2) is 9.97 Å². The third kappa shape index (κ3) is 2.43.